The summed E-state index contributed by atoms with van der Waals surface area (Å²) in [5.74, 6) is 0.422. The smallest absolute Gasteiger partial charge is 0.125 e. The Morgan fingerprint density at radius 1 is 1.20 bits per heavy atom. The van der Waals surface area contributed by atoms with E-state index in [1.807, 2.05) is 6.07 Å². The van der Waals surface area contributed by atoms with Gasteiger partial charge in [0.2, 0.25) is 0 Å². The molecule has 2 rings (SSSR count). The van der Waals surface area contributed by atoms with E-state index in [0.717, 1.165) is 5.56 Å². The van der Waals surface area contributed by atoms with Crippen LogP contribution in [-0.2, 0) is 6.54 Å². The molecule has 2 atom stereocenters. The van der Waals surface area contributed by atoms with Crippen LogP contribution in [0.3, 0.4) is 0 Å². The lowest BCUT2D eigenvalue weighted by Gasteiger charge is -2.41. The molecule has 1 aliphatic rings. The Morgan fingerprint density at radius 2 is 1.90 bits per heavy atom. The van der Waals surface area contributed by atoms with E-state index >= 15 is 0 Å². The zero-order valence-corrected chi connectivity index (χ0v) is 13.4. The van der Waals surface area contributed by atoms with Gasteiger partial charge in [-0.2, -0.15) is 0 Å². The van der Waals surface area contributed by atoms with E-state index in [1.54, 1.807) is 6.07 Å². The van der Waals surface area contributed by atoms with Gasteiger partial charge in [0.15, 0.2) is 0 Å². The third kappa shape index (κ3) is 4.20. The van der Waals surface area contributed by atoms with Gasteiger partial charge in [0.05, 0.1) is 0 Å². The minimum absolute atomic E-state index is 0.259. The minimum atomic E-state index is -0.259. The van der Waals surface area contributed by atoms with Crippen LogP contribution in [0.2, 0.25) is 5.02 Å². The zero-order chi connectivity index (χ0) is 14.8. The monoisotopic (exact) mass is 297 g/mol. The first-order valence-electron chi connectivity index (χ1n) is 7.54. The molecule has 0 bridgehead atoms. The molecule has 0 radical (unpaired) electrons. The van der Waals surface area contributed by atoms with Gasteiger partial charge in [-0.3, -0.25) is 0 Å². The average molecular weight is 298 g/mol. The molecule has 0 amide bonds. The second-order valence-corrected chi connectivity index (χ2v) is 7.46. The van der Waals surface area contributed by atoms with Crippen LogP contribution in [0.5, 0.6) is 0 Å². The highest BCUT2D eigenvalue weighted by Gasteiger charge is 2.33. The first-order chi connectivity index (χ1) is 9.36. The van der Waals surface area contributed by atoms with Crippen LogP contribution in [-0.4, -0.2) is 6.04 Å². The standard InChI is InChI=1S/C17H25ClFN/c1-17(2,3)15-6-4-5-7-16(15)20-11-12-8-13(18)10-14(19)9-12/h8-10,15-16,20H,4-7,11H2,1-3H3. The molecule has 0 aliphatic heterocycles. The fraction of sp³-hybridized carbons (Fsp3) is 0.647. The van der Waals surface area contributed by atoms with Crippen molar-refractivity contribution in [3.63, 3.8) is 0 Å². The number of hydrogen-bond donors (Lipinski definition) is 1. The molecule has 1 saturated carbocycles. The highest BCUT2D eigenvalue weighted by molar-refractivity contribution is 6.30. The van der Waals surface area contributed by atoms with Gasteiger partial charge >= 0.3 is 0 Å². The molecule has 2 unspecified atom stereocenters. The molecular formula is C17H25ClFN. The van der Waals surface area contributed by atoms with Gasteiger partial charge in [-0.1, -0.05) is 45.2 Å². The highest BCUT2D eigenvalue weighted by Crippen LogP contribution is 2.38. The molecule has 1 nitrogen and oxygen atoms in total. The summed E-state index contributed by atoms with van der Waals surface area (Å²) in [7, 11) is 0. The van der Waals surface area contributed by atoms with Crippen LogP contribution in [0.1, 0.15) is 52.0 Å². The lowest BCUT2D eigenvalue weighted by molar-refractivity contribution is 0.130. The average Bonchev–Trinajstić information content (AvgIpc) is 2.34. The maximum Gasteiger partial charge on any atom is 0.125 e. The van der Waals surface area contributed by atoms with Crippen LogP contribution in [0, 0.1) is 17.2 Å². The number of benzene rings is 1. The Bertz CT molecular complexity index is 433. The predicted octanol–water partition coefficient (Wildman–Crippen LogP) is 5.17. The Balaban J connectivity index is 2.01. The van der Waals surface area contributed by atoms with Gasteiger partial charge < -0.3 is 5.32 Å². The number of rotatable bonds is 3. The van der Waals surface area contributed by atoms with Crippen molar-refractivity contribution in [1.82, 2.24) is 5.32 Å². The van der Waals surface area contributed by atoms with Gasteiger partial charge in [-0.25, -0.2) is 4.39 Å². The van der Waals surface area contributed by atoms with Crippen LogP contribution in [0.25, 0.3) is 0 Å². The third-order valence-corrected chi connectivity index (χ3v) is 4.59. The molecule has 1 aromatic rings. The summed E-state index contributed by atoms with van der Waals surface area (Å²) in [4.78, 5) is 0. The maximum atomic E-state index is 13.3. The predicted molar refractivity (Wildman–Crippen MR) is 83.5 cm³/mol. The third-order valence-electron chi connectivity index (χ3n) is 4.37. The molecule has 1 aromatic carbocycles. The van der Waals surface area contributed by atoms with Crippen molar-refractivity contribution >= 4 is 11.6 Å². The quantitative estimate of drug-likeness (QED) is 0.811. The Kier molecular flexibility index (Phi) is 5.09. The van der Waals surface area contributed by atoms with E-state index in [2.05, 4.69) is 26.1 Å². The van der Waals surface area contributed by atoms with Crippen molar-refractivity contribution in [2.75, 3.05) is 0 Å². The van der Waals surface area contributed by atoms with Crippen LogP contribution in [0.15, 0.2) is 18.2 Å². The lowest BCUT2D eigenvalue weighted by atomic mass is 9.69. The number of hydrogen-bond acceptors (Lipinski definition) is 1. The molecule has 112 valence electrons. The summed E-state index contributed by atoms with van der Waals surface area (Å²) in [5.41, 5.74) is 1.24. The molecule has 1 aliphatic carbocycles. The minimum Gasteiger partial charge on any atom is -0.310 e. The van der Waals surface area contributed by atoms with Crippen molar-refractivity contribution in [2.45, 2.75) is 59.0 Å². The highest BCUT2D eigenvalue weighted by atomic mass is 35.5. The summed E-state index contributed by atoms with van der Waals surface area (Å²) in [6.45, 7) is 7.64. The second kappa shape index (κ2) is 6.44. The van der Waals surface area contributed by atoms with Gasteiger partial charge in [-0.15, -0.1) is 0 Å². The van der Waals surface area contributed by atoms with Crippen LogP contribution < -0.4 is 5.32 Å². The topological polar surface area (TPSA) is 12.0 Å². The normalized spacial score (nSPS) is 23.9. The lowest BCUT2D eigenvalue weighted by Crippen LogP contribution is -2.43. The molecule has 20 heavy (non-hydrogen) atoms. The van der Waals surface area contributed by atoms with Gasteiger partial charge in [0.1, 0.15) is 5.82 Å². The molecule has 0 saturated heterocycles. The van der Waals surface area contributed by atoms with Crippen LogP contribution >= 0.6 is 11.6 Å². The van der Waals surface area contributed by atoms with Crippen molar-refractivity contribution in [2.24, 2.45) is 11.3 Å². The summed E-state index contributed by atoms with van der Waals surface area (Å²) < 4.78 is 13.3. The largest absolute Gasteiger partial charge is 0.310 e. The van der Waals surface area contributed by atoms with Crippen molar-refractivity contribution in [3.8, 4) is 0 Å². The van der Waals surface area contributed by atoms with Crippen molar-refractivity contribution < 1.29 is 4.39 Å². The molecule has 1 fully saturated rings. The molecular weight excluding hydrogens is 273 g/mol. The summed E-state index contributed by atoms with van der Waals surface area (Å²) >= 11 is 5.91. The van der Waals surface area contributed by atoms with E-state index in [9.17, 15) is 4.39 Å². The summed E-state index contributed by atoms with van der Waals surface area (Å²) in [6, 6.07) is 5.27. The fourth-order valence-corrected chi connectivity index (χ4v) is 3.62. The Labute approximate surface area is 126 Å². The first-order valence-corrected chi connectivity index (χ1v) is 7.92. The maximum absolute atomic E-state index is 13.3. The molecule has 0 spiro atoms. The van der Waals surface area contributed by atoms with E-state index in [1.165, 1.54) is 31.7 Å². The molecule has 0 aromatic heterocycles. The Morgan fingerprint density at radius 3 is 2.55 bits per heavy atom. The molecule has 1 N–H and O–H groups in total. The van der Waals surface area contributed by atoms with Crippen LogP contribution in [0.4, 0.5) is 4.39 Å². The van der Waals surface area contributed by atoms with E-state index in [0.29, 0.717) is 28.9 Å². The zero-order valence-electron chi connectivity index (χ0n) is 12.7. The summed E-state index contributed by atoms with van der Waals surface area (Å²) in [5, 5.41) is 4.09. The van der Waals surface area contributed by atoms with Gasteiger partial charge in [0, 0.05) is 17.6 Å². The van der Waals surface area contributed by atoms with E-state index in [-0.39, 0.29) is 5.82 Å². The van der Waals surface area contributed by atoms with E-state index in [4.69, 9.17) is 11.6 Å². The molecule has 3 heteroatoms. The SMILES string of the molecule is CC(C)(C)C1CCCCC1NCc1cc(F)cc(Cl)c1. The second-order valence-electron chi connectivity index (χ2n) is 7.02. The number of halogens is 2. The fourth-order valence-electron chi connectivity index (χ4n) is 3.37. The van der Waals surface area contributed by atoms with Crippen molar-refractivity contribution in [1.29, 1.82) is 0 Å². The number of nitrogens with one attached hydrogen (secondary N) is 1. The Hall–Kier alpha value is -0.600. The van der Waals surface area contributed by atoms with E-state index < -0.39 is 0 Å². The summed E-state index contributed by atoms with van der Waals surface area (Å²) in [6.07, 6.45) is 5.11. The van der Waals surface area contributed by atoms with Gasteiger partial charge in [-0.05, 0) is 47.9 Å². The van der Waals surface area contributed by atoms with Crippen molar-refractivity contribution in [3.05, 3.63) is 34.6 Å². The van der Waals surface area contributed by atoms with Gasteiger partial charge in [0.25, 0.3) is 0 Å². The molecule has 0 heterocycles. The first kappa shape index (κ1) is 15.8.